The molecule has 0 aliphatic carbocycles. The van der Waals surface area contributed by atoms with Gasteiger partial charge in [0.25, 0.3) is 5.91 Å². The molecule has 3 nitrogen and oxygen atoms in total. The molecule has 1 unspecified atom stereocenters. The number of carbonyl (C=O) groups excluding carboxylic acids is 1. The fourth-order valence-corrected chi connectivity index (χ4v) is 2.12. The molecule has 7 heteroatoms. The minimum atomic E-state index is -4.29. The molecule has 3 N–H and O–H groups in total. The number of halogens is 3. The van der Waals surface area contributed by atoms with Gasteiger partial charge in [0.15, 0.2) is 0 Å². The second-order valence-corrected chi connectivity index (χ2v) is 4.81. The average Bonchev–Trinajstić information content (AvgIpc) is 2.72. The van der Waals surface area contributed by atoms with E-state index in [4.69, 9.17) is 5.73 Å². The molecule has 0 aliphatic rings. The van der Waals surface area contributed by atoms with Gasteiger partial charge in [0, 0.05) is 11.4 Å². The van der Waals surface area contributed by atoms with E-state index in [-0.39, 0.29) is 6.54 Å². The third kappa shape index (κ3) is 5.77. The van der Waals surface area contributed by atoms with Gasteiger partial charge in [-0.3, -0.25) is 4.79 Å². The summed E-state index contributed by atoms with van der Waals surface area (Å²) in [6.45, 7) is 1.52. The Balaban J connectivity index is 2.61. The predicted molar refractivity (Wildman–Crippen MR) is 67.9 cm³/mol. The van der Waals surface area contributed by atoms with Crippen molar-refractivity contribution in [1.29, 1.82) is 0 Å². The van der Waals surface area contributed by atoms with Crippen molar-refractivity contribution in [2.24, 2.45) is 5.73 Å². The van der Waals surface area contributed by atoms with Gasteiger partial charge in [0.2, 0.25) is 0 Å². The van der Waals surface area contributed by atoms with Gasteiger partial charge in [-0.05, 0) is 13.0 Å². The van der Waals surface area contributed by atoms with Crippen LogP contribution in [0.4, 0.5) is 13.2 Å². The number of hydrogen-bond donors (Lipinski definition) is 2. The van der Waals surface area contributed by atoms with E-state index in [1.165, 1.54) is 24.3 Å². The first-order chi connectivity index (χ1) is 8.81. The number of nitrogens with two attached hydrogens (primary N) is 1. The average molecular weight is 290 g/mol. The highest BCUT2D eigenvalue weighted by molar-refractivity contribution is 7.10. The molecular weight excluding hydrogens is 277 g/mol. The summed E-state index contributed by atoms with van der Waals surface area (Å²) in [5.41, 5.74) is 5.52. The van der Waals surface area contributed by atoms with Crippen LogP contribution in [0.15, 0.2) is 11.4 Å². The van der Waals surface area contributed by atoms with Crippen LogP contribution in [-0.4, -0.2) is 24.7 Å². The molecule has 0 aromatic carbocycles. The summed E-state index contributed by atoms with van der Waals surface area (Å²) in [4.78, 5) is 12.3. The maximum Gasteiger partial charge on any atom is 0.391 e. The first-order valence-corrected chi connectivity index (χ1v) is 6.35. The second-order valence-electron chi connectivity index (χ2n) is 3.90. The first kappa shape index (κ1) is 15.5. The van der Waals surface area contributed by atoms with Crippen LogP contribution in [0.1, 0.15) is 28.6 Å². The number of hydrogen-bond acceptors (Lipinski definition) is 3. The van der Waals surface area contributed by atoms with Crippen LogP contribution in [0.25, 0.3) is 0 Å². The maximum absolute atomic E-state index is 12.1. The topological polar surface area (TPSA) is 55.1 Å². The summed E-state index contributed by atoms with van der Waals surface area (Å²) < 4.78 is 36.4. The lowest BCUT2D eigenvalue weighted by molar-refractivity contribution is -0.138. The molecular formula is C12H13F3N2OS. The van der Waals surface area contributed by atoms with E-state index in [2.05, 4.69) is 17.2 Å². The number of alkyl halides is 3. The van der Waals surface area contributed by atoms with Gasteiger partial charge >= 0.3 is 6.18 Å². The quantitative estimate of drug-likeness (QED) is 0.838. The van der Waals surface area contributed by atoms with E-state index in [0.717, 1.165) is 0 Å². The summed E-state index contributed by atoms with van der Waals surface area (Å²) in [7, 11) is 0. The van der Waals surface area contributed by atoms with Crippen LogP contribution in [0.2, 0.25) is 0 Å². The lowest BCUT2D eigenvalue weighted by atomic mass is 10.2. The van der Waals surface area contributed by atoms with Gasteiger partial charge < -0.3 is 11.1 Å². The van der Waals surface area contributed by atoms with Gasteiger partial charge in [0.05, 0.1) is 23.4 Å². The molecule has 0 fully saturated rings. The highest BCUT2D eigenvalue weighted by Gasteiger charge is 2.30. The molecule has 1 heterocycles. The summed E-state index contributed by atoms with van der Waals surface area (Å²) in [6.07, 6.45) is -5.35. The highest BCUT2D eigenvalue weighted by atomic mass is 32.1. The van der Waals surface area contributed by atoms with Gasteiger partial charge in [-0.25, -0.2) is 0 Å². The number of thiophene rings is 1. The molecule has 0 bridgehead atoms. The fraction of sp³-hybridized carbons (Fsp3) is 0.417. The van der Waals surface area contributed by atoms with Crippen molar-refractivity contribution < 1.29 is 18.0 Å². The summed E-state index contributed by atoms with van der Waals surface area (Å²) in [5.74, 6) is 4.86. The normalized spacial score (nSPS) is 12.5. The lowest BCUT2D eigenvalue weighted by Crippen LogP contribution is -2.35. The smallest absolute Gasteiger partial charge is 0.349 e. The molecule has 0 spiro atoms. The largest absolute Gasteiger partial charge is 0.391 e. The minimum Gasteiger partial charge on any atom is -0.349 e. The Morgan fingerprint density at radius 1 is 1.58 bits per heavy atom. The monoisotopic (exact) mass is 290 g/mol. The summed E-state index contributed by atoms with van der Waals surface area (Å²) in [6, 6.07) is 0.564. The van der Waals surface area contributed by atoms with Crippen molar-refractivity contribution in [2.75, 3.05) is 6.54 Å². The lowest BCUT2D eigenvalue weighted by Gasteiger charge is -2.15. The van der Waals surface area contributed by atoms with E-state index >= 15 is 0 Å². The Bertz CT molecular complexity index is 499. The van der Waals surface area contributed by atoms with Crippen molar-refractivity contribution in [2.45, 2.75) is 25.6 Å². The van der Waals surface area contributed by atoms with Crippen LogP contribution in [0, 0.1) is 11.8 Å². The van der Waals surface area contributed by atoms with Gasteiger partial charge in [0.1, 0.15) is 0 Å². The number of carbonyl (C=O) groups is 1. The van der Waals surface area contributed by atoms with Crippen molar-refractivity contribution >= 4 is 17.2 Å². The molecule has 1 rings (SSSR count). The molecule has 1 amide bonds. The van der Waals surface area contributed by atoms with Crippen LogP contribution in [0.3, 0.4) is 0 Å². The first-order valence-electron chi connectivity index (χ1n) is 5.47. The van der Waals surface area contributed by atoms with E-state index < -0.39 is 24.5 Å². The Hall–Kier alpha value is -1.52. The van der Waals surface area contributed by atoms with Gasteiger partial charge in [-0.2, -0.15) is 13.2 Å². The van der Waals surface area contributed by atoms with Crippen molar-refractivity contribution in [3.63, 3.8) is 0 Å². The second kappa shape index (κ2) is 6.59. The van der Waals surface area contributed by atoms with Crippen LogP contribution in [-0.2, 0) is 0 Å². The number of amides is 1. The fourth-order valence-electron chi connectivity index (χ4n) is 1.36. The Labute approximate surface area is 113 Å². The molecule has 19 heavy (non-hydrogen) atoms. The van der Waals surface area contributed by atoms with Crippen LogP contribution >= 0.6 is 11.3 Å². The Kier molecular flexibility index (Phi) is 5.39. The standard InChI is InChI=1S/C12H13F3N2OS/c1-8(6-12(13,14)15)17-11(18)9-5-10(19-7-9)3-2-4-16/h5,7-8H,4,6,16H2,1H3,(H,17,18). The Morgan fingerprint density at radius 3 is 2.84 bits per heavy atom. The summed E-state index contributed by atoms with van der Waals surface area (Å²) in [5, 5.41) is 3.85. The third-order valence-electron chi connectivity index (χ3n) is 2.09. The molecule has 0 aliphatic heterocycles. The van der Waals surface area contributed by atoms with E-state index in [9.17, 15) is 18.0 Å². The molecule has 1 aromatic rings. The zero-order valence-electron chi connectivity index (χ0n) is 10.2. The molecule has 0 radical (unpaired) electrons. The molecule has 1 atom stereocenters. The number of nitrogens with one attached hydrogen (secondary N) is 1. The van der Waals surface area contributed by atoms with E-state index in [0.29, 0.717) is 10.4 Å². The maximum atomic E-state index is 12.1. The van der Waals surface area contributed by atoms with Crippen molar-refractivity contribution in [3.8, 4) is 11.8 Å². The molecule has 0 saturated heterocycles. The predicted octanol–water partition coefficient (Wildman–Crippen LogP) is 2.13. The minimum absolute atomic E-state index is 0.210. The van der Waals surface area contributed by atoms with Crippen LogP contribution in [0.5, 0.6) is 0 Å². The van der Waals surface area contributed by atoms with E-state index in [1.54, 1.807) is 5.38 Å². The zero-order chi connectivity index (χ0) is 14.5. The van der Waals surface area contributed by atoms with Crippen LogP contribution < -0.4 is 11.1 Å². The molecule has 1 aromatic heterocycles. The number of rotatable bonds is 3. The molecule has 104 valence electrons. The molecule has 0 saturated carbocycles. The van der Waals surface area contributed by atoms with Crippen molar-refractivity contribution in [3.05, 3.63) is 21.9 Å². The van der Waals surface area contributed by atoms with E-state index in [1.807, 2.05) is 0 Å². The zero-order valence-corrected chi connectivity index (χ0v) is 11.0. The summed E-state index contributed by atoms with van der Waals surface area (Å²) >= 11 is 1.25. The van der Waals surface area contributed by atoms with Gasteiger partial charge in [-0.15, -0.1) is 11.3 Å². The van der Waals surface area contributed by atoms with Gasteiger partial charge in [-0.1, -0.05) is 11.8 Å². The Morgan fingerprint density at radius 2 is 2.26 bits per heavy atom. The van der Waals surface area contributed by atoms with Crippen molar-refractivity contribution in [1.82, 2.24) is 5.32 Å². The third-order valence-corrected chi connectivity index (χ3v) is 2.94. The highest BCUT2D eigenvalue weighted by Crippen LogP contribution is 2.21. The SMILES string of the molecule is CC(CC(F)(F)F)NC(=O)c1csc(C#CCN)c1.